The summed E-state index contributed by atoms with van der Waals surface area (Å²) in [4.78, 5) is 23.4. The molecule has 0 unspecified atom stereocenters. The maximum absolute atomic E-state index is 12.0. The van der Waals surface area contributed by atoms with E-state index in [0.717, 1.165) is 24.9 Å². The first kappa shape index (κ1) is 11.3. The Morgan fingerprint density at radius 3 is 3.00 bits per heavy atom. The average molecular weight is 247 g/mol. The molecule has 6 heteroatoms. The van der Waals surface area contributed by atoms with E-state index in [1.807, 2.05) is 11.5 Å². The lowest BCUT2D eigenvalue weighted by Crippen LogP contribution is -2.20. The molecule has 2 aromatic rings. The molecule has 96 valence electrons. The summed E-state index contributed by atoms with van der Waals surface area (Å²) in [5.41, 5.74) is 1.37. The van der Waals surface area contributed by atoms with Gasteiger partial charge in [0.2, 0.25) is 5.95 Å². The molecule has 2 N–H and O–H groups in total. The number of imidazole rings is 1. The Hall–Kier alpha value is -1.85. The van der Waals surface area contributed by atoms with Crippen LogP contribution < -0.4 is 11.0 Å². The third kappa shape index (κ3) is 1.77. The van der Waals surface area contributed by atoms with Crippen LogP contribution >= 0.6 is 0 Å². The number of H-pyrrole nitrogens is 1. The lowest BCUT2D eigenvalue weighted by molar-refractivity contribution is 0.517. The van der Waals surface area contributed by atoms with Crippen LogP contribution in [0.3, 0.4) is 0 Å². The Kier molecular flexibility index (Phi) is 2.77. The smallest absolute Gasteiger partial charge is 0.327 e. The van der Waals surface area contributed by atoms with Crippen LogP contribution in [0.5, 0.6) is 0 Å². The fourth-order valence-electron chi connectivity index (χ4n) is 2.68. The molecule has 0 aliphatic heterocycles. The van der Waals surface area contributed by atoms with Gasteiger partial charge in [0.05, 0.1) is 6.20 Å². The first-order valence-electron chi connectivity index (χ1n) is 6.50. The van der Waals surface area contributed by atoms with E-state index in [4.69, 9.17) is 0 Å². The maximum Gasteiger partial charge on any atom is 0.327 e. The number of hydrogen-bond donors (Lipinski definition) is 2. The number of aromatic nitrogens is 4. The van der Waals surface area contributed by atoms with E-state index in [1.165, 1.54) is 12.8 Å². The summed E-state index contributed by atoms with van der Waals surface area (Å²) in [7, 11) is 0. The monoisotopic (exact) mass is 247 g/mol. The summed E-state index contributed by atoms with van der Waals surface area (Å²) in [6.45, 7) is 2.75. The predicted octanol–water partition coefficient (Wildman–Crippen LogP) is 1.67. The molecule has 0 aromatic carbocycles. The van der Waals surface area contributed by atoms with Crippen molar-refractivity contribution in [2.45, 2.75) is 38.6 Å². The second kappa shape index (κ2) is 4.44. The highest BCUT2D eigenvalue weighted by Gasteiger charge is 2.21. The summed E-state index contributed by atoms with van der Waals surface area (Å²) in [6, 6.07) is 0.305. The topological polar surface area (TPSA) is 75.6 Å². The van der Waals surface area contributed by atoms with Gasteiger partial charge < -0.3 is 5.32 Å². The first-order chi connectivity index (χ1) is 8.79. The normalized spacial score (nSPS) is 16.5. The molecule has 0 amide bonds. The number of anilines is 1. The van der Waals surface area contributed by atoms with E-state index in [9.17, 15) is 4.79 Å². The number of fused-ring (bicyclic) bond motifs is 1. The molecule has 2 aromatic heterocycles. The minimum absolute atomic E-state index is 0.0696. The first-order valence-corrected chi connectivity index (χ1v) is 6.50. The summed E-state index contributed by atoms with van der Waals surface area (Å²) in [6.07, 6.45) is 6.26. The molecule has 0 bridgehead atoms. The van der Waals surface area contributed by atoms with E-state index in [1.54, 1.807) is 6.20 Å². The lowest BCUT2D eigenvalue weighted by atomic mass is 10.2. The molecule has 18 heavy (non-hydrogen) atoms. The van der Waals surface area contributed by atoms with Gasteiger partial charge in [-0.1, -0.05) is 12.8 Å². The van der Waals surface area contributed by atoms with Gasteiger partial charge in [0.1, 0.15) is 5.52 Å². The minimum Gasteiger partial charge on any atom is -0.354 e. The molecule has 1 aliphatic carbocycles. The van der Waals surface area contributed by atoms with Gasteiger partial charge in [-0.25, -0.2) is 9.78 Å². The van der Waals surface area contributed by atoms with Gasteiger partial charge in [-0.2, -0.15) is 4.98 Å². The van der Waals surface area contributed by atoms with Crippen LogP contribution in [0.15, 0.2) is 11.0 Å². The number of rotatable bonds is 3. The van der Waals surface area contributed by atoms with E-state index in [-0.39, 0.29) is 5.69 Å². The second-order valence-corrected chi connectivity index (χ2v) is 4.70. The molecule has 1 fully saturated rings. The summed E-state index contributed by atoms with van der Waals surface area (Å²) < 4.78 is 1.82. The van der Waals surface area contributed by atoms with Gasteiger partial charge >= 0.3 is 5.69 Å². The molecule has 1 aliphatic rings. The van der Waals surface area contributed by atoms with Gasteiger partial charge in [0.15, 0.2) is 5.65 Å². The molecule has 1 saturated carbocycles. The molecular formula is C12H17N5O. The number of nitrogens with one attached hydrogen (secondary N) is 2. The van der Waals surface area contributed by atoms with Crippen molar-refractivity contribution in [1.29, 1.82) is 0 Å². The Balaban J connectivity index is 2.09. The van der Waals surface area contributed by atoms with E-state index < -0.39 is 0 Å². The second-order valence-electron chi connectivity index (χ2n) is 4.70. The Labute approximate surface area is 104 Å². The largest absolute Gasteiger partial charge is 0.354 e. The van der Waals surface area contributed by atoms with E-state index >= 15 is 0 Å². The van der Waals surface area contributed by atoms with Crippen molar-refractivity contribution in [3.8, 4) is 0 Å². The van der Waals surface area contributed by atoms with E-state index in [2.05, 4.69) is 20.3 Å². The SMILES string of the molecule is CCNc1ncc2c(n1)[nH]c(=O)n2C1CCCC1. The van der Waals surface area contributed by atoms with Gasteiger partial charge in [-0.15, -0.1) is 0 Å². The van der Waals surface area contributed by atoms with Crippen LogP contribution in [0.4, 0.5) is 5.95 Å². The van der Waals surface area contributed by atoms with Crippen LogP contribution in [-0.4, -0.2) is 26.1 Å². The molecule has 0 atom stereocenters. The highest BCUT2D eigenvalue weighted by molar-refractivity contribution is 5.71. The molecule has 0 saturated heterocycles. The van der Waals surface area contributed by atoms with E-state index in [0.29, 0.717) is 17.6 Å². The third-order valence-electron chi connectivity index (χ3n) is 3.50. The van der Waals surface area contributed by atoms with Crippen molar-refractivity contribution in [2.75, 3.05) is 11.9 Å². The van der Waals surface area contributed by atoms with Crippen molar-refractivity contribution in [2.24, 2.45) is 0 Å². The quantitative estimate of drug-likeness (QED) is 0.865. The maximum atomic E-state index is 12.0. The number of aromatic amines is 1. The molecular weight excluding hydrogens is 230 g/mol. The van der Waals surface area contributed by atoms with Crippen molar-refractivity contribution >= 4 is 17.1 Å². The highest BCUT2D eigenvalue weighted by Crippen LogP contribution is 2.30. The van der Waals surface area contributed by atoms with Gasteiger partial charge in [-0.05, 0) is 19.8 Å². The Bertz CT molecular complexity index is 608. The van der Waals surface area contributed by atoms with Crippen molar-refractivity contribution in [3.63, 3.8) is 0 Å². The number of nitrogens with zero attached hydrogens (tertiary/aromatic N) is 3. The van der Waals surface area contributed by atoms with Crippen LogP contribution in [0.2, 0.25) is 0 Å². The molecule has 0 spiro atoms. The zero-order valence-corrected chi connectivity index (χ0v) is 10.4. The number of hydrogen-bond acceptors (Lipinski definition) is 4. The fourth-order valence-corrected chi connectivity index (χ4v) is 2.68. The van der Waals surface area contributed by atoms with Gasteiger partial charge in [-0.3, -0.25) is 9.55 Å². The van der Waals surface area contributed by atoms with Crippen LogP contribution in [0.1, 0.15) is 38.6 Å². The Morgan fingerprint density at radius 2 is 2.28 bits per heavy atom. The van der Waals surface area contributed by atoms with Gasteiger partial charge in [0.25, 0.3) is 0 Å². The highest BCUT2D eigenvalue weighted by atomic mass is 16.1. The van der Waals surface area contributed by atoms with Crippen LogP contribution in [0.25, 0.3) is 11.2 Å². The zero-order chi connectivity index (χ0) is 12.5. The third-order valence-corrected chi connectivity index (χ3v) is 3.50. The standard InChI is InChI=1S/C12H17N5O/c1-2-13-11-14-7-9-10(15-11)16-12(18)17(9)8-5-3-4-6-8/h7-8H,2-6H2,1H3,(H2,13,14,15,16,18). The Morgan fingerprint density at radius 1 is 1.50 bits per heavy atom. The van der Waals surface area contributed by atoms with Crippen LogP contribution in [0, 0.1) is 0 Å². The van der Waals surface area contributed by atoms with Crippen LogP contribution in [-0.2, 0) is 0 Å². The fraction of sp³-hybridized carbons (Fsp3) is 0.583. The van der Waals surface area contributed by atoms with Crippen molar-refractivity contribution in [1.82, 2.24) is 19.5 Å². The molecule has 3 rings (SSSR count). The summed E-state index contributed by atoms with van der Waals surface area (Å²) >= 11 is 0. The minimum atomic E-state index is -0.0696. The van der Waals surface area contributed by atoms with Crippen molar-refractivity contribution < 1.29 is 0 Å². The zero-order valence-electron chi connectivity index (χ0n) is 10.4. The summed E-state index contributed by atoms with van der Waals surface area (Å²) in [5, 5.41) is 3.04. The average Bonchev–Trinajstić information content (AvgIpc) is 2.95. The predicted molar refractivity (Wildman–Crippen MR) is 69.8 cm³/mol. The van der Waals surface area contributed by atoms with Gasteiger partial charge in [0, 0.05) is 12.6 Å². The molecule has 0 radical (unpaired) electrons. The molecule has 2 heterocycles. The summed E-state index contributed by atoms with van der Waals surface area (Å²) in [5.74, 6) is 0.560. The van der Waals surface area contributed by atoms with Crippen molar-refractivity contribution in [3.05, 3.63) is 16.7 Å². The lowest BCUT2D eigenvalue weighted by Gasteiger charge is -2.10. The molecule has 6 nitrogen and oxygen atoms in total.